The van der Waals surface area contributed by atoms with Gasteiger partial charge in [0.2, 0.25) is 11.8 Å². The number of halogens is 1. The molecule has 19 heavy (non-hydrogen) atoms. The van der Waals surface area contributed by atoms with E-state index in [-0.39, 0.29) is 23.8 Å². The Morgan fingerprint density at radius 1 is 1.42 bits per heavy atom. The molecule has 0 saturated carbocycles. The van der Waals surface area contributed by atoms with E-state index in [0.29, 0.717) is 13.0 Å². The summed E-state index contributed by atoms with van der Waals surface area (Å²) in [6.07, 6.45) is 0.300. The third-order valence-electron chi connectivity index (χ3n) is 3.28. The number of anilines is 1. The third kappa shape index (κ3) is 3.15. The van der Waals surface area contributed by atoms with Crippen LogP contribution in [0.1, 0.15) is 20.3 Å². The summed E-state index contributed by atoms with van der Waals surface area (Å²) in [6, 6.07) is 7.60. The van der Waals surface area contributed by atoms with Crippen LogP contribution in [-0.4, -0.2) is 29.3 Å². The van der Waals surface area contributed by atoms with Gasteiger partial charge < -0.3 is 10.2 Å². The second kappa shape index (κ2) is 5.74. The zero-order chi connectivity index (χ0) is 14.0. The van der Waals surface area contributed by atoms with Crippen molar-refractivity contribution in [1.29, 1.82) is 0 Å². The van der Waals surface area contributed by atoms with E-state index in [1.807, 2.05) is 38.1 Å². The van der Waals surface area contributed by atoms with Crippen molar-refractivity contribution in [3.05, 3.63) is 28.7 Å². The first-order valence-corrected chi connectivity index (χ1v) is 7.13. The van der Waals surface area contributed by atoms with Crippen molar-refractivity contribution in [1.82, 2.24) is 4.90 Å². The lowest BCUT2D eigenvalue weighted by Gasteiger charge is -2.20. The summed E-state index contributed by atoms with van der Waals surface area (Å²) >= 11 is 3.39. The maximum Gasteiger partial charge on any atom is 0.229 e. The van der Waals surface area contributed by atoms with Gasteiger partial charge in [-0.1, -0.05) is 12.1 Å². The summed E-state index contributed by atoms with van der Waals surface area (Å²) in [5, 5.41) is 2.87. The fourth-order valence-corrected chi connectivity index (χ4v) is 2.59. The van der Waals surface area contributed by atoms with Crippen LogP contribution in [0.5, 0.6) is 0 Å². The lowest BCUT2D eigenvalue weighted by molar-refractivity contribution is -0.129. The molecule has 2 amide bonds. The monoisotopic (exact) mass is 324 g/mol. The Labute approximate surface area is 121 Å². The Kier molecular flexibility index (Phi) is 4.24. The second-order valence-corrected chi connectivity index (χ2v) is 5.86. The molecule has 0 radical (unpaired) electrons. The summed E-state index contributed by atoms with van der Waals surface area (Å²) in [4.78, 5) is 25.7. The Morgan fingerprint density at radius 3 is 2.68 bits per heavy atom. The number of carbonyl (C=O) groups excluding carboxylic acids is 2. The molecular formula is C14H17BrN2O2. The Bertz CT molecular complexity index is 502. The van der Waals surface area contributed by atoms with Gasteiger partial charge in [0.15, 0.2) is 0 Å². The van der Waals surface area contributed by atoms with Crippen LogP contribution in [0, 0.1) is 5.92 Å². The minimum absolute atomic E-state index is 0.0577. The number of amides is 2. The first-order valence-electron chi connectivity index (χ1n) is 6.34. The minimum atomic E-state index is -0.262. The van der Waals surface area contributed by atoms with Crippen molar-refractivity contribution >= 4 is 33.4 Å². The molecule has 1 fully saturated rings. The predicted molar refractivity (Wildman–Crippen MR) is 77.7 cm³/mol. The summed E-state index contributed by atoms with van der Waals surface area (Å²) < 4.78 is 0.841. The van der Waals surface area contributed by atoms with Gasteiger partial charge in [0.1, 0.15) is 0 Å². The summed E-state index contributed by atoms with van der Waals surface area (Å²) in [7, 11) is 0. The number of hydrogen-bond acceptors (Lipinski definition) is 2. The average Bonchev–Trinajstić information content (AvgIpc) is 2.74. The van der Waals surface area contributed by atoms with Crippen LogP contribution in [0.4, 0.5) is 5.69 Å². The van der Waals surface area contributed by atoms with Crippen LogP contribution in [0.15, 0.2) is 28.7 Å². The molecule has 1 heterocycles. The lowest BCUT2D eigenvalue weighted by Crippen LogP contribution is -2.33. The van der Waals surface area contributed by atoms with Crippen LogP contribution in [0.2, 0.25) is 0 Å². The first kappa shape index (κ1) is 14.1. The Balaban J connectivity index is 2.02. The maximum atomic E-state index is 12.2. The van der Waals surface area contributed by atoms with E-state index in [1.54, 1.807) is 4.90 Å². The molecule has 1 saturated heterocycles. The molecule has 1 N–H and O–H groups in total. The fourth-order valence-electron chi connectivity index (χ4n) is 2.20. The number of benzene rings is 1. The standard InChI is InChI=1S/C14H17BrN2O2/c1-9(2)17-8-10(7-13(17)18)14(19)16-12-6-4-3-5-11(12)15/h3-6,9-10H,7-8H2,1-2H3,(H,16,19)/t10-/m0/s1. The number of rotatable bonds is 3. The highest BCUT2D eigenvalue weighted by molar-refractivity contribution is 9.10. The highest BCUT2D eigenvalue weighted by atomic mass is 79.9. The first-order chi connectivity index (χ1) is 8.99. The molecule has 5 heteroatoms. The summed E-state index contributed by atoms with van der Waals surface area (Å²) in [6.45, 7) is 4.44. The highest BCUT2D eigenvalue weighted by Crippen LogP contribution is 2.25. The minimum Gasteiger partial charge on any atom is -0.339 e. The number of likely N-dealkylation sites (tertiary alicyclic amines) is 1. The predicted octanol–water partition coefficient (Wildman–Crippen LogP) is 2.64. The van der Waals surface area contributed by atoms with E-state index >= 15 is 0 Å². The molecule has 0 spiro atoms. The number of nitrogens with zero attached hydrogens (tertiary/aromatic N) is 1. The van der Waals surface area contributed by atoms with Crippen molar-refractivity contribution < 1.29 is 9.59 Å². The van der Waals surface area contributed by atoms with Gasteiger partial charge in [0, 0.05) is 23.5 Å². The quantitative estimate of drug-likeness (QED) is 0.929. The lowest BCUT2D eigenvalue weighted by atomic mass is 10.1. The SMILES string of the molecule is CC(C)N1C[C@@H](C(=O)Nc2ccccc2Br)CC1=O. The van der Waals surface area contributed by atoms with Crippen molar-refractivity contribution in [2.45, 2.75) is 26.3 Å². The van der Waals surface area contributed by atoms with Crippen molar-refractivity contribution in [3.8, 4) is 0 Å². The summed E-state index contributed by atoms with van der Waals surface area (Å²) in [5.41, 5.74) is 0.739. The van der Waals surface area contributed by atoms with E-state index in [0.717, 1.165) is 10.2 Å². The van der Waals surface area contributed by atoms with Crippen molar-refractivity contribution in [2.75, 3.05) is 11.9 Å². The molecular weight excluding hydrogens is 308 g/mol. The molecule has 102 valence electrons. The van der Waals surface area contributed by atoms with Crippen LogP contribution in [0.3, 0.4) is 0 Å². The second-order valence-electron chi connectivity index (χ2n) is 5.01. The molecule has 1 atom stereocenters. The molecule has 2 rings (SSSR count). The van der Waals surface area contributed by atoms with Crippen LogP contribution < -0.4 is 5.32 Å². The molecule has 1 aromatic rings. The van der Waals surface area contributed by atoms with E-state index in [2.05, 4.69) is 21.2 Å². The molecule has 1 aromatic carbocycles. The molecule has 1 aliphatic rings. The zero-order valence-corrected chi connectivity index (χ0v) is 12.6. The van der Waals surface area contributed by atoms with Crippen LogP contribution in [0.25, 0.3) is 0 Å². The Morgan fingerprint density at radius 2 is 2.11 bits per heavy atom. The normalized spacial score (nSPS) is 19.1. The van der Waals surface area contributed by atoms with E-state index in [4.69, 9.17) is 0 Å². The maximum absolute atomic E-state index is 12.2. The Hall–Kier alpha value is -1.36. The van der Waals surface area contributed by atoms with Crippen LogP contribution in [-0.2, 0) is 9.59 Å². The largest absolute Gasteiger partial charge is 0.339 e. The van der Waals surface area contributed by atoms with E-state index in [1.165, 1.54) is 0 Å². The van der Waals surface area contributed by atoms with Gasteiger partial charge in [-0.05, 0) is 41.9 Å². The topological polar surface area (TPSA) is 49.4 Å². The molecule has 0 aliphatic carbocycles. The molecule has 0 bridgehead atoms. The van der Waals surface area contributed by atoms with Gasteiger partial charge in [-0.3, -0.25) is 9.59 Å². The van der Waals surface area contributed by atoms with Gasteiger partial charge in [0.05, 0.1) is 11.6 Å². The number of hydrogen-bond donors (Lipinski definition) is 1. The van der Waals surface area contributed by atoms with E-state index in [9.17, 15) is 9.59 Å². The van der Waals surface area contributed by atoms with Gasteiger partial charge in [-0.2, -0.15) is 0 Å². The number of para-hydroxylation sites is 1. The fraction of sp³-hybridized carbons (Fsp3) is 0.429. The van der Waals surface area contributed by atoms with Gasteiger partial charge in [-0.25, -0.2) is 0 Å². The van der Waals surface area contributed by atoms with Crippen molar-refractivity contribution in [2.24, 2.45) is 5.92 Å². The summed E-state index contributed by atoms with van der Waals surface area (Å²) in [5.74, 6) is -0.298. The molecule has 0 unspecified atom stereocenters. The zero-order valence-electron chi connectivity index (χ0n) is 11.0. The smallest absolute Gasteiger partial charge is 0.229 e. The van der Waals surface area contributed by atoms with Crippen LogP contribution >= 0.6 is 15.9 Å². The van der Waals surface area contributed by atoms with Gasteiger partial charge >= 0.3 is 0 Å². The number of carbonyl (C=O) groups is 2. The van der Waals surface area contributed by atoms with E-state index < -0.39 is 0 Å². The number of nitrogens with one attached hydrogen (secondary N) is 1. The van der Waals surface area contributed by atoms with Gasteiger partial charge in [0.25, 0.3) is 0 Å². The van der Waals surface area contributed by atoms with Crippen molar-refractivity contribution in [3.63, 3.8) is 0 Å². The average molecular weight is 325 g/mol. The molecule has 4 nitrogen and oxygen atoms in total. The highest BCUT2D eigenvalue weighted by Gasteiger charge is 2.35. The molecule has 1 aliphatic heterocycles. The third-order valence-corrected chi connectivity index (χ3v) is 3.98. The molecule has 0 aromatic heterocycles. The van der Waals surface area contributed by atoms with Gasteiger partial charge in [-0.15, -0.1) is 0 Å².